The second-order valence-corrected chi connectivity index (χ2v) is 5.31. The Labute approximate surface area is 119 Å². The molecule has 1 aromatic heterocycles. The summed E-state index contributed by atoms with van der Waals surface area (Å²) in [7, 11) is 1.87. The van der Waals surface area contributed by atoms with Gasteiger partial charge >= 0.3 is 0 Å². The summed E-state index contributed by atoms with van der Waals surface area (Å²) in [5.41, 5.74) is 1.71. The molecule has 0 aliphatic rings. The molecule has 0 spiro atoms. The van der Waals surface area contributed by atoms with Crippen molar-refractivity contribution in [3.63, 3.8) is 0 Å². The molecule has 0 saturated carbocycles. The SMILES string of the molecule is Cc1cc(Br)cnc1N(C)Cc1ccc(F)c(F)c1. The van der Waals surface area contributed by atoms with Crippen molar-refractivity contribution in [2.75, 3.05) is 11.9 Å². The zero-order valence-electron chi connectivity index (χ0n) is 10.6. The van der Waals surface area contributed by atoms with Gasteiger partial charge in [0, 0.05) is 24.3 Å². The third kappa shape index (κ3) is 3.29. The van der Waals surface area contributed by atoms with E-state index in [4.69, 9.17) is 0 Å². The molecule has 2 rings (SSSR count). The molecular formula is C14H13BrF2N2. The van der Waals surface area contributed by atoms with Crippen molar-refractivity contribution < 1.29 is 8.78 Å². The summed E-state index contributed by atoms with van der Waals surface area (Å²) in [6, 6.07) is 5.88. The van der Waals surface area contributed by atoms with Crippen molar-refractivity contribution in [3.8, 4) is 0 Å². The predicted molar refractivity (Wildman–Crippen MR) is 75.1 cm³/mol. The van der Waals surface area contributed by atoms with Crippen molar-refractivity contribution >= 4 is 21.7 Å². The lowest BCUT2D eigenvalue weighted by molar-refractivity contribution is 0.507. The van der Waals surface area contributed by atoms with Gasteiger partial charge in [-0.3, -0.25) is 0 Å². The highest BCUT2D eigenvalue weighted by Gasteiger charge is 2.09. The number of benzene rings is 1. The first-order valence-electron chi connectivity index (χ1n) is 5.74. The first kappa shape index (κ1) is 13.9. The molecule has 0 atom stereocenters. The zero-order valence-corrected chi connectivity index (χ0v) is 12.2. The van der Waals surface area contributed by atoms with E-state index < -0.39 is 11.6 Å². The number of hydrogen-bond donors (Lipinski definition) is 0. The molecule has 0 bridgehead atoms. The summed E-state index contributed by atoms with van der Waals surface area (Å²) in [6.45, 7) is 2.42. The van der Waals surface area contributed by atoms with Crippen LogP contribution in [0.1, 0.15) is 11.1 Å². The van der Waals surface area contributed by atoms with Gasteiger partial charge in [-0.1, -0.05) is 6.07 Å². The van der Waals surface area contributed by atoms with Crippen LogP contribution in [0.2, 0.25) is 0 Å². The maximum Gasteiger partial charge on any atom is 0.159 e. The zero-order chi connectivity index (χ0) is 14.0. The van der Waals surface area contributed by atoms with Gasteiger partial charge in [-0.05, 0) is 52.2 Å². The van der Waals surface area contributed by atoms with Crippen LogP contribution in [0.5, 0.6) is 0 Å². The number of pyridine rings is 1. The van der Waals surface area contributed by atoms with Gasteiger partial charge in [0.1, 0.15) is 5.82 Å². The summed E-state index contributed by atoms with van der Waals surface area (Å²) in [5, 5.41) is 0. The minimum atomic E-state index is -0.829. The van der Waals surface area contributed by atoms with Gasteiger partial charge in [-0.25, -0.2) is 13.8 Å². The van der Waals surface area contributed by atoms with Gasteiger partial charge in [-0.15, -0.1) is 0 Å². The van der Waals surface area contributed by atoms with E-state index in [0.717, 1.165) is 21.9 Å². The molecule has 0 aliphatic carbocycles. The Morgan fingerprint density at radius 2 is 1.95 bits per heavy atom. The first-order chi connectivity index (χ1) is 8.97. The molecule has 0 N–H and O–H groups in total. The van der Waals surface area contributed by atoms with Gasteiger partial charge < -0.3 is 4.90 Å². The molecule has 0 saturated heterocycles. The maximum atomic E-state index is 13.1. The quantitative estimate of drug-likeness (QED) is 0.845. The lowest BCUT2D eigenvalue weighted by atomic mass is 10.2. The molecular weight excluding hydrogens is 314 g/mol. The van der Waals surface area contributed by atoms with Gasteiger partial charge in [0.2, 0.25) is 0 Å². The fourth-order valence-corrected chi connectivity index (χ4v) is 2.37. The fraction of sp³-hybridized carbons (Fsp3) is 0.214. The minimum absolute atomic E-state index is 0.465. The Balaban J connectivity index is 2.20. The molecule has 0 aliphatic heterocycles. The average molecular weight is 327 g/mol. The topological polar surface area (TPSA) is 16.1 Å². The van der Waals surface area contributed by atoms with E-state index in [9.17, 15) is 8.78 Å². The van der Waals surface area contributed by atoms with E-state index in [1.54, 1.807) is 12.3 Å². The van der Waals surface area contributed by atoms with Gasteiger partial charge in [0.15, 0.2) is 11.6 Å². The van der Waals surface area contributed by atoms with Crippen LogP contribution >= 0.6 is 15.9 Å². The summed E-state index contributed by atoms with van der Waals surface area (Å²) < 4.78 is 26.9. The smallest absolute Gasteiger partial charge is 0.159 e. The summed E-state index contributed by atoms with van der Waals surface area (Å²) in [5.74, 6) is -0.844. The van der Waals surface area contributed by atoms with E-state index in [1.807, 2.05) is 24.9 Å². The second kappa shape index (κ2) is 5.65. The Morgan fingerprint density at radius 1 is 1.21 bits per heavy atom. The monoisotopic (exact) mass is 326 g/mol. The van der Waals surface area contributed by atoms with Gasteiger partial charge in [0.05, 0.1) is 0 Å². The van der Waals surface area contributed by atoms with E-state index in [1.165, 1.54) is 6.07 Å². The molecule has 2 nitrogen and oxygen atoms in total. The van der Waals surface area contributed by atoms with Crippen LogP contribution in [0.15, 0.2) is 34.9 Å². The van der Waals surface area contributed by atoms with Crippen LogP contribution in [-0.2, 0) is 6.54 Å². The van der Waals surface area contributed by atoms with E-state index in [-0.39, 0.29) is 0 Å². The molecule has 100 valence electrons. The van der Waals surface area contributed by atoms with Crippen LogP contribution in [-0.4, -0.2) is 12.0 Å². The van der Waals surface area contributed by atoms with E-state index in [0.29, 0.717) is 12.1 Å². The molecule has 0 amide bonds. The van der Waals surface area contributed by atoms with Crippen LogP contribution in [0.25, 0.3) is 0 Å². The fourth-order valence-electron chi connectivity index (χ4n) is 1.92. The lowest BCUT2D eigenvalue weighted by Crippen LogP contribution is -2.19. The van der Waals surface area contributed by atoms with Gasteiger partial charge in [-0.2, -0.15) is 0 Å². The summed E-state index contributed by atoms with van der Waals surface area (Å²) in [4.78, 5) is 6.22. The molecule has 0 radical (unpaired) electrons. The van der Waals surface area contributed by atoms with E-state index in [2.05, 4.69) is 20.9 Å². The summed E-state index contributed by atoms with van der Waals surface area (Å²) >= 11 is 3.36. The first-order valence-corrected chi connectivity index (χ1v) is 6.54. The summed E-state index contributed by atoms with van der Waals surface area (Å²) in [6.07, 6.45) is 1.71. The van der Waals surface area contributed by atoms with E-state index >= 15 is 0 Å². The van der Waals surface area contributed by atoms with Crippen molar-refractivity contribution in [3.05, 3.63) is 57.7 Å². The largest absolute Gasteiger partial charge is 0.355 e. The molecule has 0 fully saturated rings. The standard InChI is InChI=1S/C14H13BrF2N2/c1-9-5-11(15)7-18-14(9)19(2)8-10-3-4-12(16)13(17)6-10/h3-7H,8H2,1-2H3. The van der Waals surface area contributed by atoms with Crippen molar-refractivity contribution in [1.82, 2.24) is 4.98 Å². The molecule has 1 heterocycles. The molecule has 5 heteroatoms. The number of halogens is 3. The molecule has 19 heavy (non-hydrogen) atoms. The second-order valence-electron chi connectivity index (χ2n) is 4.40. The average Bonchev–Trinajstić information content (AvgIpc) is 2.33. The van der Waals surface area contributed by atoms with Crippen LogP contribution in [0, 0.1) is 18.6 Å². The molecule has 0 unspecified atom stereocenters. The van der Waals surface area contributed by atoms with Crippen LogP contribution < -0.4 is 4.90 Å². The number of hydrogen-bond acceptors (Lipinski definition) is 2. The third-order valence-corrected chi connectivity index (χ3v) is 3.22. The maximum absolute atomic E-state index is 13.1. The highest BCUT2D eigenvalue weighted by molar-refractivity contribution is 9.10. The van der Waals surface area contributed by atoms with Crippen LogP contribution in [0.4, 0.5) is 14.6 Å². The van der Waals surface area contributed by atoms with Crippen molar-refractivity contribution in [2.24, 2.45) is 0 Å². The molecule has 2 aromatic rings. The number of anilines is 1. The van der Waals surface area contributed by atoms with Crippen LogP contribution in [0.3, 0.4) is 0 Å². The van der Waals surface area contributed by atoms with Crippen molar-refractivity contribution in [2.45, 2.75) is 13.5 Å². The van der Waals surface area contributed by atoms with Gasteiger partial charge in [0.25, 0.3) is 0 Å². The predicted octanol–water partition coefficient (Wildman–Crippen LogP) is 4.07. The normalized spacial score (nSPS) is 10.6. The minimum Gasteiger partial charge on any atom is -0.355 e. The number of nitrogens with zero attached hydrogens (tertiary/aromatic N) is 2. The lowest BCUT2D eigenvalue weighted by Gasteiger charge is -2.20. The Kier molecular flexibility index (Phi) is 4.14. The number of aryl methyl sites for hydroxylation is 1. The molecule has 1 aromatic carbocycles. The van der Waals surface area contributed by atoms with Crippen molar-refractivity contribution in [1.29, 1.82) is 0 Å². The Hall–Kier alpha value is -1.49. The Bertz CT molecular complexity index is 602. The third-order valence-electron chi connectivity index (χ3n) is 2.78. The number of aromatic nitrogens is 1. The number of rotatable bonds is 3. The Morgan fingerprint density at radius 3 is 2.58 bits per heavy atom. The highest BCUT2D eigenvalue weighted by atomic mass is 79.9. The highest BCUT2D eigenvalue weighted by Crippen LogP contribution is 2.21.